The summed E-state index contributed by atoms with van der Waals surface area (Å²) in [7, 11) is 0. The maximum absolute atomic E-state index is 13.5. The summed E-state index contributed by atoms with van der Waals surface area (Å²) in [4.78, 5) is 8.09. The predicted molar refractivity (Wildman–Crippen MR) is 68.6 cm³/mol. The first kappa shape index (κ1) is 11.9. The fraction of sp³-hybridized carbons (Fsp3) is 0. The van der Waals surface area contributed by atoms with E-state index in [0.29, 0.717) is 5.65 Å². The van der Waals surface area contributed by atoms with E-state index in [4.69, 9.17) is 15.7 Å². The van der Waals surface area contributed by atoms with Crippen molar-refractivity contribution in [1.29, 1.82) is 5.26 Å². The van der Waals surface area contributed by atoms with Crippen LogP contribution in [0.5, 0.6) is 11.6 Å². The van der Waals surface area contributed by atoms with Gasteiger partial charge in [0.2, 0.25) is 5.65 Å². The third-order valence-corrected chi connectivity index (χ3v) is 2.66. The van der Waals surface area contributed by atoms with Crippen LogP contribution in [0.1, 0.15) is 5.56 Å². The summed E-state index contributed by atoms with van der Waals surface area (Å²) in [6, 6.07) is 5.86. The van der Waals surface area contributed by atoms with Crippen molar-refractivity contribution in [3.8, 4) is 17.7 Å². The minimum Gasteiger partial charge on any atom is -0.434 e. The van der Waals surface area contributed by atoms with Crippen molar-refractivity contribution in [1.82, 2.24) is 14.4 Å². The molecule has 3 rings (SSSR count). The van der Waals surface area contributed by atoms with Gasteiger partial charge in [-0.25, -0.2) is 9.37 Å². The lowest BCUT2D eigenvalue weighted by molar-refractivity contribution is 0.459. The molecule has 0 unspecified atom stereocenters. The summed E-state index contributed by atoms with van der Waals surface area (Å²) in [6.07, 6.45) is 4.81. The van der Waals surface area contributed by atoms with Crippen LogP contribution in [0.25, 0.3) is 5.65 Å². The molecule has 0 aliphatic carbocycles. The van der Waals surface area contributed by atoms with E-state index >= 15 is 0 Å². The zero-order valence-corrected chi connectivity index (χ0v) is 10.1. The Kier molecular flexibility index (Phi) is 2.69. The number of nitrogens with two attached hydrogens (primary N) is 1. The van der Waals surface area contributed by atoms with Gasteiger partial charge >= 0.3 is 0 Å². The Balaban J connectivity index is 2.13. The molecule has 0 aliphatic heterocycles. The third-order valence-electron chi connectivity index (χ3n) is 2.66. The van der Waals surface area contributed by atoms with E-state index in [1.54, 1.807) is 29.1 Å². The number of rotatable bonds is 2. The number of nitriles is 1. The van der Waals surface area contributed by atoms with Crippen LogP contribution in [0.4, 0.5) is 10.2 Å². The van der Waals surface area contributed by atoms with Gasteiger partial charge < -0.3 is 10.5 Å². The number of benzene rings is 1. The molecular weight excluding hydrogens is 261 g/mol. The van der Waals surface area contributed by atoms with E-state index in [1.807, 2.05) is 0 Å². The number of imidazole rings is 1. The number of aromatic nitrogens is 3. The molecule has 7 heteroatoms. The van der Waals surface area contributed by atoms with Gasteiger partial charge in [-0.1, -0.05) is 6.07 Å². The molecule has 0 amide bonds. The lowest BCUT2D eigenvalue weighted by atomic mass is 10.2. The molecule has 6 nitrogen and oxygen atoms in total. The molecule has 2 N–H and O–H groups in total. The van der Waals surface area contributed by atoms with E-state index in [2.05, 4.69) is 9.97 Å². The lowest BCUT2D eigenvalue weighted by Gasteiger charge is -2.08. The van der Waals surface area contributed by atoms with Crippen LogP contribution < -0.4 is 10.5 Å². The summed E-state index contributed by atoms with van der Waals surface area (Å²) >= 11 is 0. The Labute approximate surface area is 112 Å². The van der Waals surface area contributed by atoms with Crippen LogP contribution in [-0.2, 0) is 0 Å². The maximum atomic E-state index is 13.5. The van der Waals surface area contributed by atoms with Crippen molar-refractivity contribution in [2.75, 3.05) is 5.73 Å². The highest BCUT2D eigenvalue weighted by Gasteiger charge is 2.14. The monoisotopic (exact) mass is 269 g/mol. The van der Waals surface area contributed by atoms with Crippen molar-refractivity contribution >= 4 is 11.5 Å². The van der Waals surface area contributed by atoms with Gasteiger partial charge in [0.15, 0.2) is 0 Å². The Morgan fingerprint density at radius 2 is 2.25 bits per heavy atom. The number of nitrogens with zero attached hydrogens (tertiary/aromatic N) is 4. The molecule has 0 spiro atoms. The normalized spacial score (nSPS) is 10.4. The van der Waals surface area contributed by atoms with Crippen molar-refractivity contribution in [2.24, 2.45) is 0 Å². The topological polar surface area (TPSA) is 89.2 Å². The number of hydrogen-bond donors (Lipinski definition) is 1. The smallest absolute Gasteiger partial charge is 0.265 e. The number of halogens is 1. The van der Waals surface area contributed by atoms with E-state index in [-0.39, 0.29) is 23.0 Å². The second-order valence-electron chi connectivity index (χ2n) is 3.96. The van der Waals surface area contributed by atoms with E-state index in [0.717, 1.165) is 0 Å². The van der Waals surface area contributed by atoms with Gasteiger partial charge in [0, 0.05) is 12.4 Å². The van der Waals surface area contributed by atoms with E-state index < -0.39 is 5.82 Å². The molecule has 2 aromatic heterocycles. The number of hydrogen-bond acceptors (Lipinski definition) is 5. The summed E-state index contributed by atoms with van der Waals surface area (Å²) in [5.41, 5.74) is 5.89. The van der Waals surface area contributed by atoms with Gasteiger partial charge in [-0.05, 0) is 12.1 Å². The Bertz CT molecular complexity index is 836. The van der Waals surface area contributed by atoms with Crippen molar-refractivity contribution in [2.45, 2.75) is 0 Å². The lowest BCUT2D eigenvalue weighted by Crippen LogP contribution is -2.00. The van der Waals surface area contributed by atoms with Gasteiger partial charge in [0.25, 0.3) is 5.88 Å². The van der Waals surface area contributed by atoms with Gasteiger partial charge in [-0.3, -0.25) is 4.40 Å². The van der Waals surface area contributed by atoms with Crippen molar-refractivity contribution < 1.29 is 9.13 Å². The van der Waals surface area contributed by atoms with Crippen molar-refractivity contribution in [3.63, 3.8) is 0 Å². The molecule has 0 saturated heterocycles. The van der Waals surface area contributed by atoms with Crippen LogP contribution >= 0.6 is 0 Å². The first-order valence-corrected chi connectivity index (χ1v) is 5.64. The summed E-state index contributed by atoms with van der Waals surface area (Å²) in [5.74, 6) is -0.263. The summed E-state index contributed by atoms with van der Waals surface area (Å²) < 4.78 is 20.6. The molecule has 98 valence electrons. The fourth-order valence-corrected chi connectivity index (χ4v) is 1.79. The maximum Gasteiger partial charge on any atom is 0.265 e. The van der Waals surface area contributed by atoms with Crippen molar-refractivity contribution in [3.05, 3.63) is 48.2 Å². The zero-order valence-electron chi connectivity index (χ0n) is 10.1. The minimum atomic E-state index is -0.659. The SMILES string of the molecule is N#Cc1c(F)cccc1Oc1nc(N)cn2ccnc12. The van der Waals surface area contributed by atoms with Crippen LogP contribution in [0.3, 0.4) is 0 Å². The molecule has 0 saturated carbocycles. The Hall–Kier alpha value is -3.14. The Morgan fingerprint density at radius 3 is 3.05 bits per heavy atom. The highest BCUT2D eigenvalue weighted by atomic mass is 19.1. The number of ether oxygens (including phenoxy) is 1. The highest BCUT2D eigenvalue weighted by molar-refractivity contribution is 5.55. The number of fused-ring (bicyclic) bond motifs is 1. The van der Waals surface area contributed by atoms with E-state index in [1.165, 1.54) is 18.2 Å². The average Bonchev–Trinajstić information content (AvgIpc) is 2.87. The second-order valence-corrected chi connectivity index (χ2v) is 3.96. The average molecular weight is 269 g/mol. The highest BCUT2D eigenvalue weighted by Crippen LogP contribution is 2.28. The fourth-order valence-electron chi connectivity index (χ4n) is 1.79. The van der Waals surface area contributed by atoms with Crippen LogP contribution in [-0.4, -0.2) is 14.4 Å². The van der Waals surface area contributed by atoms with E-state index in [9.17, 15) is 4.39 Å². The second kappa shape index (κ2) is 4.51. The molecule has 0 bridgehead atoms. The molecule has 3 aromatic rings. The molecule has 20 heavy (non-hydrogen) atoms. The molecule has 1 aromatic carbocycles. The quantitative estimate of drug-likeness (QED) is 0.769. The third kappa shape index (κ3) is 1.89. The van der Waals surface area contributed by atoms with Gasteiger partial charge in [0.05, 0.1) is 6.20 Å². The number of anilines is 1. The largest absolute Gasteiger partial charge is 0.434 e. The van der Waals surface area contributed by atoms with Gasteiger partial charge in [-0.2, -0.15) is 10.2 Å². The predicted octanol–water partition coefficient (Wildman–Crippen LogP) is 2.11. The molecule has 0 atom stereocenters. The molecule has 2 heterocycles. The zero-order chi connectivity index (χ0) is 14.1. The van der Waals surface area contributed by atoms with Crippen LogP contribution in [0, 0.1) is 17.1 Å². The molecule has 0 aliphatic rings. The standard InChI is InChI=1S/C13H8FN5O/c14-9-2-1-3-10(8(9)6-15)20-13-12-17-4-5-19(12)7-11(16)18-13/h1-5,7H,16H2. The van der Waals surface area contributed by atoms with Gasteiger partial charge in [-0.15, -0.1) is 0 Å². The molecule has 0 radical (unpaired) electrons. The Morgan fingerprint density at radius 1 is 1.40 bits per heavy atom. The summed E-state index contributed by atoms with van der Waals surface area (Å²) in [5, 5.41) is 8.97. The number of nitrogen functional groups attached to an aromatic ring is 1. The van der Waals surface area contributed by atoms with Crippen LogP contribution in [0.15, 0.2) is 36.8 Å². The first-order valence-electron chi connectivity index (χ1n) is 5.64. The minimum absolute atomic E-state index is 0.0653. The van der Waals surface area contributed by atoms with Gasteiger partial charge in [0.1, 0.15) is 29.0 Å². The molecule has 0 fully saturated rings. The summed E-state index contributed by atoms with van der Waals surface area (Å²) in [6.45, 7) is 0. The molecular formula is C13H8FN5O. The van der Waals surface area contributed by atoms with Crippen LogP contribution in [0.2, 0.25) is 0 Å². The first-order chi connectivity index (χ1) is 9.69.